The fourth-order valence-electron chi connectivity index (χ4n) is 2.80. The first-order valence-electron chi connectivity index (χ1n) is 8.43. The summed E-state index contributed by atoms with van der Waals surface area (Å²) in [5.74, 6) is 0. The van der Waals surface area contributed by atoms with Crippen LogP contribution < -0.4 is 4.90 Å². The van der Waals surface area contributed by atoms with Crippen molar-refractivity contribution in [2.75, 3.05) is 31.2 Å². The third kappa shape index (κ3) is 4.59. The summed E-state index contributed by atoms with van der Waals surface area (Å²) < 4.78 is 5.29. The summed E-state index contributed by atoms with van der Waals surface area (Å²) in [4.78, 5) is 18.2. The van der Waals surface area contributed by atoms with Crippen molar-refractivity contribution in [1.29, 1.82) is 5.26 Å². The maximum Gasteiger partial charge on any atom is 0.293 e. The second kappa shape index (κ2) is 8.78. The molecule has 0 unspecified atom stereocenters. The Labute approximate surface area is 156 Å². The minimum Gasteiger partial charge on any atom is -0.391 e. The first kappa shape index (κ1) is 18.4. The van der Waals surface area contributed by atoms with Gasteiger partial charge < -0.3 is 14.5 Å². The van der Waals surface area contributed by atoms with Crippen molar-refractivity contribution < 1.29 is 14.5 Å². The van der Waals surface area contributed by atoms with Crippen LogP contribution in [-0.2, 0) is 16.2 Å². The second-order valence-electron chi connectivity index (χ2n) is 5.88. The van der Waals surface area contributed by atoms with E-state index >= 15 is 0 Å². The van der Waals surface area contributed by atoms with E-state index in [-0.39, 0.29) is 12.3 Å². The van der Waals surface area contributed by atoms with Gasteiger partial charge in [-0.25, -0.2) is 0 Å². The average molecular weight is 366 g/mol. The molecule has 0 saturated carbocycles. The van der Waals surface area contributed by atoms with Crippen molar-refractivity contribution in [3.05, 3.63) is 69.3 Å². The Morgan fingerprint density at radius 2 is 2.07 bits per heavy atom. The lowest BCUT2D eigenvalue weighted by Gasteiger charge is -2.28. The Balaban J connectivity index is 1.69. The van der Waals surface area contributed by atoms with Gasteiger partial charge in [0.15, 0.2) is 0 Å². The van der Waals surface area contributed by atoms with Crippen molar-refractivity contribution >= 4 is 17.6 Å². The molecule has 27 heavy (non-hydrogen) atoms. The zero-order valence-corrected chi connectivity index (χ0v) is 14.6. The number of anilines is 1. The van der Waals surface area contributed by atoms with Gasteiger partial charge >= 0.3 is 0 Å². The van der Waals surface area contributed by atoms with Gasteiger partial charge in [-0.1, -0.05) is 29.4 Å². The fraction of sp³-hybridized carbons (Fsp3) is 0.263. The van der Waals surface area contributed by atoms with E-state index < -0.39 is 4.92 Å². The van der Waals surface area contributed by atoms with Crippen LogP contribution in [0.5, 0.6) is 0 Å². The number of hydrogen-bond donors (Lipinski definition) is 0. The van der Waals surface area contributed by atoms with Crippen LogP contribution in [-0.4, -0.2) is 37.4 Å². The van der Waals surface area contributed by atoms with Crippen LogP contribution in [0.15, 0.2) is 47.6 Å². The maximum absolute atomic E-state index is 11.4. The Hall–Kier alpha value is -3.44. The van der Waals surface area contributed by atoms with Gasteiger partial charge in [0, 0.05) is 30.3 Å². The smallest absolute Gasteiger partial charge is 0.293 e. The van der Waals surface area contributed by atoms with E-state index in [1.807, 2.05) is 11.0 Å². The van der Waals surface area contributed by atoms with Gasteiger partial charge in [-0.05, 0) is 12.1 Å². The maximum atomic E-state index is 11.4. The monoisotopic (exact) mass is 366 g/mol. The first-order chi connectivity index (χ1) is 13.2. The van der Waals surface area contributed by atoms with E-state index in [1.54, 1.807) is 30.3 Å². The predicted molar refractivity (Wildman–Crippen MR) is 99.7 cm³/mol. The molecule has 0 aliphatic carbocycles. The van der Waals surface area contributed by atoms with Crippen molar-refractivity contribution in [2.24, 2.45) is 5.16 Å². The Morgan fingerprint density at radius 3 is 2.81 bits per heavy atom. The lowest BCUT2D eigenvalue weighted by atomic mass is 10.1. The molecule has 2 aromatic rings. The summed E-state index contributed by atoms with van der Waals surface area (Å²) in [6.45, 7) is 2.50. The van der Waals surface area contributed by atoms with E-state index in [1.165, 1.54) is 12.3 Å². The summed E-state index contributed by atoms with van der Waals surface area (Å²) in [7, 11) is 0. The normalized spacial score (nSPS) is 14.1. The highest BCUT2D eigenvalue weighted by Gasteiger charge is 2.21. The predicted octanol–water partition coefficient (Wildman–Crippen LogP) is 2.85. The van der Waals surface area contributed by atoms with Gasteiger partial charge in [0.05, 0.1) is 36.0 Å². The molecule has 8 nitrogen and oxygen atoms in total. The zero-order valence-electron chi connectivity index (χ0n) is 14.6. The third-order valence-electron chi connectivity index (χ3n) is 4.18. The second-order valence-corrected chi connectivity index (χ2v) is 5.88. The van der Waals surface area contributed by atoms with Gasteiger partial charge in [0.1, 0.15) is 12.3 Å². The van der Waals surface area contributed by atoms with E-state index in [9.17, 15) is 10.1 Å². The van der Waals surface area contributed by atoms with Crippen LogP contribution in [0, 0.1) is 21.4 Å². The van der Waals surface area contributed by atoms with Gasteiger partial charge in [0.2, 0.25) is 0 Å². The van der Waals surface area contributed by atoms with Crippen molar-refractivity contribution in [3.8, 4) is 6.07 Å². The molecule has 1 fully saturated rings. The molecule has 0 N–H and O–H groups in total. The molecule has 3 rings (SSSR count). The highest BCUT2D eigenvalue weighted by molar-refractivity contribution is 5.82. The first-order valence-corrected chi connectivity index (χ1v) is 8.43. The molecule has 0 bridgehead atoms. The molecule has 0 aromatic heterocycles. The molecule has 1 saturated heterocycles. The van der Waals surface area contributed by atoms with Gasteiger partial charge in [-0.3, -0.25) is 10.1 Å². The molecular weight excluding hydrogens is 348 g/mol. The number of oxime groups is 1. The Morgan fingerprint density at radius 1 is 1.30 bits per heavy atom. The van der Waals surface area contributed by atoms with Crippen LogP contribution in [0.3, 0.4) is 0 Å². The number of rotatable bonds is 6. The largest absolute Gasteiger partial charge is 0.391 e. The summed E-state index contributed by atoms with van der Waals surface area (Å²) in [5, 5.41) is 24.4. The molecule has 2 aromatic carbocycles. The topological polar surface area (TPSA) is 101 Å². The number of nitrogens with zero attached hydrogens (tertiary/aromatic N) is 4. The van der Waals surface area contributed by atoms with Crippen molar-refractivity contribution in [1.82, 2.24) is 0 Å². The molecule has 0 spiro atoms. The molecule has 1 aliphatic rings. The number of nitro groups is 1. The van der Waals surface area contributed by atoms with E-state index in [0.717, 1.165) is 5.56 Å². The minimum atomic E-state index is -0.397. The fourth-order valence-corrected chi connectivity index (χ4v) is 2.80. The summed E-state index contributed by atoms with van der Waals surface area (Å²) in [6, 6.07) is 14.1. The van der Waals surface area contributed by atoms with Crippen LogP contribution >= 0.6 is 0 Å². The van der Waals surface area contributed by atoms with Gasteiger partial charge in [0.25, 0.3) is 5.69 Å². The zero-order chi connectivity index (χ0) is 19.1. The number of morpholine rings is 1. The molecule has 8 heteroatoms. The SMILES string of the molecule is N#Cc1ccccc1CO/N=C\c1ccc(N2CCOCC2)c([N+](=O)[O-])c1. The molecular formula is C19H18N4O4. The number of nitriles is 1. The number of nitro benzene ring substituents is 1. The number of benzene rings is 2. The standard InChI is InChI=1S/C19H18N4O4/c20-12-16-3-1-2-4-17(16)14-27-21-13-15-5-6-18(19(11-15)23(24)25)22-7-9-26-10-8-22/h1-6,11,13H,7-10,14H2/b21-13-. The highest BCUT2D eigenvalue weighted by Crippen LogP contribution is 2.29. The summed E-state index contributed by atoms with van der Waals surface area (Å²) in [5.41, 5.74) is 2.41. The highest BCUT2D eigenvalue weighted by atomic mass is 16.6. The average Bonchev–Trinajstić information content (AvgIpc) is 2.72. The van der Waals surface area contributed by atoms with Crippen LogP contribution in [0.1, 0.15) is 16.7 Å². The van der Waals surface area contributed by atoms with Crippen LogP contribution in [0.25, 0.3) is 0 Å². The molecule has 1 heterocycles. The summed E-state index contributed by atoms with van der Waals surface area (Å²) >= 11 is 0. The quantitative estimate of drug-likeness (QED) is 0.443. The lowest BCUT2D eigenvalue weighted by molar-refractivity contribution is -0.384. The van der Waals surface area contributed by atoms with Gasteiger partial charge in [-0.2, -0.15) is 5.26 Å². The third-order valence-corrected chi connectivity index (χ3v) is 4.18. The molecule has 1 aliphatic heterocycles. The van der Waals surface area contributed by atoms with Crippen LogP contribution in [0.2, 0.25) is 0 Å². The Kier molecular flexibility index (Phi) is 5.97. The van der Waals surface area contributed by atoms with E-state index in [4.69, 9.17) is 14.8 Å². The van der Waals surface area contributed by atoms with E-state index in [0.29, 0.717) is 43.1 Å². The Bertz CT molecular complexity index is 886. The molecule has 0 atom stereocenters. The molecule has 0 radical (unpaired) electrons. The van der Waals surface area contributed by atoms with E-state index in [2.05, 4.69) is 11.2 Å². The van der Waals surface area contributed by atoms with Crippen molar-refractivity contribution in [2.45, 2.75) is 6.61 Å². The minimum absolute atomic E-state index is 0.0238. The lowest BCUT2D eigenvalue weighted by Crippen LogP contribution is -2.36. The summed E-state index contributed by atoms with van der Waals surface area (Å²) in [6.07, 6.45) is 1.42. The molecule has 138 valence electrons. The van der Waals surface area contributed by atoms with Gasteiger partial charge in [-0.15, -0.1) is 0 Å². The van der Waals surface area contributed by atoms with Crippen LogP contribution in [0.4, 0.5) is 11.4 Å². The van der Waals surface area contributed by atoms with Crippen molar-refractivity contribution in [3.63, 3.8) is 0 Å². The molecule has 0 amide bonds. The number of ether oxygens (including phenoxy) is 1. The number of hydrogen-bond acceptors (Lipinski definition) is 7.